The quantitative estimate of drug-likeness (QED) is 0.565. The van der Waals surface area contributed by atoms with Crippen molar-refractivity contribution in [3.63, 3.8) is 0 Å². The van der Waals surface area contributed by atoms with Gasteiger partial charge in [0.1, 0.15) is 5.69 Å². The topological polar surface area (TPSA) is 87.5 Å². The van der Waals surface area contributed by atoms with Crippen molar-refractivity contribution in [2.75, 3.05) is 31.5 Å². The summed E-state index contributed by atoms with van der Waals surface area (Å²) in [5.74, 6) is -0.286. The third kappa shape index (κ3) is 4.99. The lowest BCUT2D eigenvalue weighted by molar-refractivity contribution is -0.384. The maximum absolute atomic E-state index is 12.6. The zero-order valence-corrected chi connectivity index (χ0v) is 16.9. The SMILES string of the molecule is Cc1cccc([N+](=O)[O-])c1NC(=O)CN1CCNCC1c1ccccc1Cl.Cl. The van der Waals surface area contributed by atoms with Crippen LogP contribution in [0.2, 0.25) is 5.02 Å². The molecule has 1 atom stereocenters. The molecule has 2 N–H and O–H groups in total. The number of nitro benzene ring substituents is 1. The number of rotatable bonds is 5. The Balaban J connectivity index is 0.00000280. The number of aryl methyl sites for hydroxylation is 1. The molecule has 0 bridgehead atoms. The Morgan fingerprint density at radius 3 is 2.79 bits per heavy atom. The molecule has 0 saturated carbocycles. The van der Waals surface area contributed by atoms with E-state index in [-0.39, 0.29) is 42.3 Å². The molecule has 0 aromatic heterocycles. The summed E-state index contributed by atoms with van der Waals surface area (Å²) in [7, 11) is 0. The summed E-state index contributed by atoms with van der Waals surface area (Å²) in [6.45, 7) is 3.99. The summed E-state index contributed by atoms with van der Waals surface area (Å²) in [5, 5.41) is 17.9. The maximum atomic E-state index is 12.6. The van der Waals surface area contributed by atoms with Gasteiger partial charge in [0.2, 0.25) is 5.91 Å². The first-order valence-corrected chi connectivity index (χ1v) is 9.08. The van der Waals surface area contributed by atoms with Crippen LogP contribution in [0.3, 0.4) is 0 Å². The molecule has 0 spiro atoms. The highest BCUT2D eigenvalue weighted by Crippen LogP contribution is 2.30. The van der Waals surface area contributed by atoms with E-state index in [1.54, 1.807) is 19.1 Å². The van der Waals surface area contributed by atoms with Gasteiger partial charge in [-0.3, -0.25) is 19.8 Å². The van der Waals surface area contributed by atoms with Gasteiger partial charge in [-0.1, -0.05) is 41.9 Å². The third-order valence-corrected chi connectivity index (χ3v) is 5.02. The van der Waals surface area contributed by atoms with Crippen molar-refractivity contribution in [2.24, 2.45) is 0 Å². The number of anilines is 1. The van der Waals surface area contributed by atoms with Gasteiger partial charge >= 0.3 is 0 Å². The van der Waals surface area contributed by atoms with E-state index in [9.17, 15) is 14.9 Å². The Morgan fingerprint density at radius 1 is 1.32 bits per heavy atom. The summed E-state index contributed by atoms with van der Waals surface area (Å²) >= 11 is 6.34. The lowest BCUT2D eigenvalue weighted by Gasteiger charge is -2.36. The first kappa shape index (κ1) is 22.1. The minimum Gasteiger partial charge on any atom is -0.319 e. The molecular formula is C19H22Cl2N4O3. The van der Waals surface area contributed by atoms with Crippen molar-refractivity contribution in [3.05, 3.63) is 68.7 Å². The van der Waals surface area contributed by atoms with Crippen LogP contribution in [0.5, 0.6) is 0 Å². The monoisotopic (exact) mass is 424 g/mol. The standard InChI is InChI=1S/C19H21ClN4O3.ClH/c1-13-5-4-8-16(24(26)27)19(13)22-18(25)12-23-10-9-21-11-17(23)14-6-2-3-7-15(14)20;/h2-8,17,21H,9-12H2,1H3,(H,22,25);1H. The predicted octanol–water partition coefficient (Wildman–Crippen LogP) is 3.56. The van der Waals surface area contributed by atoms with Crippen molar-refractivity contribution in [3.8, 4) is 0 Å². The number of hydrogen-bond acceptors (Lipinski definition) is 5. The molecule has 2 aromatic carbocycles. The van der Waals surface area contributed by atoms with Gasteiger partial charge in [-0.05, 0) is 24.1 Å². The summed E-state index contributed by atoms with van der Waals surface area (Å²) in [5.41, 5.74) is 1.75. The Morgan fingerprint density at radius 2 is 2.07 bits per heavy atom. The van der Waals surface area contributed by atoms with E-state index in [4.69, 9.17) is 11.6 Å². The number of carbonyl (C=O) groups excluding carboxylic acids is 1. The van der Waals surface area contributed by atoms with Crippen LogP contribution < -0.4 is 10.6 Å². The molecule has 28 heavy (non-hydrogen) atoms. The molecule has 1 fully saturated rings. The number of carbonyl (C=O) groups is 1. The normalized spacial score (nSPS) is 16.9. The van der Waals surface area contributed by atoms with E-state index < -0.39 is 4.92 Å². The molecule has 1 saturated heterocycles. The molecule has 1 unspecified atom stereocenters. The molecule has 0 aliphatic carbocycles. The van der Waals surface area contributed by atoms with Gasteiger partial charge in [0, 0.05) is 36.8 Å². The fourth-order valence-electron chi connectivity index (χ4n) is 3.32. The second-order valence-corrected chi connectivity index (χ2v) is 6.89. The van der Waals surface area contributed by atoms with Crippen molar-refractivity contribution < 1.29 is 9.72 Å². The number of nitrogens with one attached hydrogen (secondary N) is 2. The molecule has 1 aliphatic rings. The lowest BCUT2D eigenvalue weighted by atomic mass is 10.0. The van der Waals surface area contributed by atoms with Gasteiger partial charge in [-0.25, -0.2) is 0 Å². The fourth-order valence-corrected chi connectivity index (χ4v) is 3.58. The minimum atomic E-state index is -0.486. The van der Waals surface area contributed by atoms with Crippen LogP contribution in [0.4, 0.5) is 11.4 Å². The van der Waals surface area contributed by atoms with Gasteiger partial charge < -0.3 is 10.6 Å². The highest BCUT2D eigenvalue weighted by molar-refractivity contribution is 6.31. The van der Waals surface area contributed by atoms with Crippen LogP contribution in [0.15, 0.2) is 42.5 Å². The molecule has 1 aliphatic heterocycles. The van der Waals surface area contributed by atoms with E-state index in [0.717, 1.165) is 12.1 Å². The van der Waals surface area contributed by atoms with Crippen LogP contribution in [0.25, 0.3) is 0 Å². The highest BCUT2D eigenvalue weighted by Gasteiger charge is 2.27. The highest BCUT2D eigenvalue weighted by atomic mass is 35.5. The predicted molar refractivity (Wildman–Crippen MR) is 112 cm³/mol. The van der Waals surface area contributed by atoms with Crippen LogP contribution in [-0.4, -0.2) is 41.9 Å². The summed E-state index contributed by atoms with van der Waals surface area (Å²) in [6.07, 6.45) is 0. The lowest BCUT2D eigenvalue weighted by Crippen LogP contribution is -2.48. The van der Waals surface area contributed by atoms with Crippen molar-refractivity contribution in [1.82, 2.24) is 10.2 Å². The number of nitro groups is 1. The largest absolute Gasteiger partial charge is 0.319 e. The van der Waals surface area contributed by atoms with Crippen molar-refractivity contribution in [2.45, 2.75) is 13.0 Å². The third-order valence-electron chi connectivity index (χ3n) is 4.68. The van der Waals surface area contributed by atoms with Crippen LogP contribution in [-0.2, 0) is 4.79 Å². The second kappa shape index (κ2) is 9.84. The number of para-hydroxylation sites is 1. The van der Waals surface area contributed by atoms with Crippen LogP contribution in [0, 0.1) is 17.0 Å². The molecule has 150 valence electrons. The van der Waals surface area contributed by atoms with Crippen LogP contribution >= 0.6 is 24.0 Å². The van der Waals surface area contributed by atoms with Gasteiger partial charge in [0.15, 0.2) is 0 Å². The first-order valence-electron chi connectivity index (χ1n) is 8.70. The second-order valence-electron chi connectivity index (χ2n) is 6.49. The molecule has 0 radical (unpaired) electrons. The maximum Gasteiger partial charge on any atom is 0.293 e. The summed E-state index contributed by atoms with van der Waals surface area (Å²) in [4.78, 5) is 25.4. The summed E-state index contributed by atoms with van der Waals surface area (Å²) in [6, 6.07) is 12.3. The Labute approximate surface area is 174 Å². The van der Waals surface area contributed by atoms with E-state index in [2.05, 4.69) is 10.6 Å². The van der Waals surface area contributed by atoms with E-state index >= 15 is 0 Å². The molecule has 2 aromatic rings. The van der Waals surface area contributed by atoms with E-state index in [1.165, 1.54) is 6.07 Å². The zero-order valence-electron chi connectivity index (χ0n) is 15.4. The number of benzene rings is 2. The van der Waals surface area contributed by atoms with Crippen molar-refractivity contribution >= 4 is 41.3 Å². The molecule has 1 amide bonds. The fraction of sp³-hybridized carbons (Fsp3) is 0.316. The first-order chi connectivity index (χ1) is 13.0. The van der Waals surface area contributed by atoms with Gasteiger partial charge in [0.05, 0.1) is 11.5 Å². The molecule has 1 heterocycles. The Hall–Kier alpha value is -2.19. The summed E-state index contributed by atoms with van der Waals surface area (Å²) < 4.78 is 0. The van der Waals surface area contributed by atoms with E-state index in [1.807, 2.05) is 29.2 Å². The van der Waals surface area contributed by atoms with E-state index in [0.29, 0.717) is 23.7 Å². The van der Waals surface area contributed by atoms with Crippen molar-refractivity contribution in [1.29, 1.82) is 0 Å². The smallest absolute Gasteiger partial charge is 0.293 e. The number of halogens is 2. The number of amides is 1. The Kier molecular flexibility index (Phi) is 7.77. The van der Waals surface area contributed by atoms with Gasteiger partial charge in [-0.15, -0.1) is 12.4 Å². The molecule has 9 heteroatoms. The van der Waals surface area contributed by atoms with Crippen LogP contribution in [0.1, 0.15) is 17.2 Å². The van der Waals surface area contributed by atoms with Gasteiger partial charge in [0.25, 0.3) is 5.69 Å². The van der Waals surface area contributed by atoms with Gasteiger partial charge in [-0.2, -0.15) is 0 Å². The molecular weight excluding hydrogens is 403 g/mol. The average molecular weight is 425 g/mol. The molecule has 3 rings (SSSR count). The number of hydrogen-bond donors (Lipinski definition) is 2. The molecule has 7 nitrogen and oxygen atoms in total. The average Bonchev–Trinajstić information content (AvgIpc) is 2.64. The number of piperazine rings is 1. The zero-order chi connectivity index (χ0) is 19.4. The minimum absolute atomic E-state index is 0. The number of nitrogens with zero attached hydrogens (tertiary/aromatic N) is 2. The Bertz CT molecular complexity index is 863.